The minimum absolute atomic E-state index is 0.218. The fraction of sp³-hybridized carbons (Fsp3) is 0.647. The van der Waals surface area contributed by atoms with Gasteiger partial charge in [0, 0.05) is 17.6 Å². The molecule has 0 saturated heterocycles. The van der Waals surface area contributed by atoms with E-state index < -0.39 is 0 Å². The van der Waals surface area contributed by atoms with Crippen molar-refractivity contribution in [3.8, 4) is 0 Å². The molecule has 0 radical (unpaired) electrons. The van der Waals surface area contributed by atoms with Crippen LogP contribution in [0.3, 0.4) is 0 Å². The molecule has 110 valence electrons. The summed E-state index contributed by atoms with van der Waals surface area (Å²) >= 11 is 6.16. The van der Waals surface area contributed by atoms with Crippen LogP contribution in [0.15, 0.2) is 18.2 Å². The highest BCUT2D eigenvalue weighted by Crippen LogP contribution is 2.62. The maximum atomic E-state index is 13.3. The summed E-state index contributed by atoms with van der Waals surface area (Å²) in [6.45, 7) is 7.78. The van der Waals surface area contributed by atoms with Crippen LogP contribution in [-0.2, 0) is 6.54 Å². The number of halogens is 2. The third kappa shape index (κ3) is 2.17. The van der Waals surface area contributed by atoms with Gasteiger partial charge in [0.15, 0.2) is 0 Å². The largest absolute Gasteiger partial charge is 0.309 e. The third-order valence-corrected chi connectivity index (χ3v) is 6.14. The van der Waals surface area contributed by atoms with Crippen molar-refractivity contribution >= 4 is 11.6 Å². The first-order valence-corrected chi connectivity index (χ1v) is 7.88. The van der Waals surface area contributed by atoms with Gasteiger partial charge in [0.1, 0.15) is 5.82 Å². The van der Waals surface area contributed by atoms with Gasteiger partial charge in [-0.1, -0.05) is 32.4 Å². The average molecular weight is 296 g/mol. The van der Waals surface area contributed by atoms with Gasteiger partial charge in [-0.05, 0) is 59.8 Å². The first kappa shape index (κ1) is 14.3. The second kappa shape index (κ2) is 4.71. The van der Waals surface area contributed by atoms with Crippen LogP contribution in [0, 0.1) is 22.6 Å². The molecule has 1 aromatic rings. The van der Waals surface area contributed by atoms with E-state index in [1.807, 2.05) is 0 Å². The van der Waals surface area contributed by atoms with E-state index in [1.54, 1.807) is 6.07 Å². The summed E-state index contributed by atoms with van der Waals surface area (Å²) in [5.74, 6) is 0.595. The van der Waals surface area contributed by atoms with Crippen molar-refractivity contribution in [1.82, 2.24) is 5.32 Å². The van der Waals surface area contributed by atoms with E-state index in [-0.39, 0.29) is 5.82 Å². The van der Waals surface area contributed by atoms with E-state index in [2.05, 4.69) is 26.1 Å². The highest BCUT2D eigenvalue weighted by Gasteiger charge is 2.58. The van der Waals surface area contributed by atoms with Crippen molar-refractivity contribution in [2.75, 3.05) is 0 Å². The summed E-state index contributed by atoms with van der Waals surface area (Å²) in [7, 11) is 0. The van der Waals surface area contributed by atoms with Gasteiger partial charge >= 0.3 is 0 Å². The Morgan fingerprint density at radius 3 is 2.75 bits per heavy atom. The first-order chi connectivity index (χ1) is 9.33. The average Bonchev–Trinajstić information content (AvgIpc) is 2.84. The zero-order valence-electron chi connectivity index (χ0n) is 12.5. The van der Waals surface area contributed by atoms with Crippen LogP contribution in [0.1, 0.15) is 45.6 Å². The molecule has 0 amide bonds. The zero-order valence-corrected chi connectivity index (χ0v) is 13.2. The van der Waals surface area contributed by atoms with Crippen molar-refractivity contribution in [3.05, 3.63) is 34.6 Å². The fourth-order valence-corrected chi connectivity index (χ4v) is 4.89. The molecule has 1 N–H and O–H groups in total. The number of hydrogen-bond acceptors (Lipinski definition) is 1. The van der Waals surface area contributed by atoms with Crippen molar-refractivity contribution in [2.24, 2.45) is 16.7 Å². The van der Waals surface area contributed by atoms with Gasteiger partial charge in [-0.15, -0.1) is 0 Å². The zero-order chi connectivity index (χ0) is 14.5. The lowest BCUT2D eigenvalue weighted by atomic mass is 9.68. The smallest absolute Gasteiger partial charge is 0.123 e. The number of fused-ring (bicyclic) bond motifs is 2. The minimum atomic E-state index is -0.218. The van der Waals surface area contributed by atoms with Crippen molar-refractivity contribution in [1.29, 1.82) is 0 Å². The maximum absolute atomic E-state index is 13.3. The van der Waals surface area contributed by atoms with Gasteiger partial charge in [0.25, 0.3) is 0 Å². The number of rotatable bonds is 3. The highest BCUT2D eigenvalue weighted by atomic mass is 35.5. The summed E-state index contributed by atoms with van der Waals surface area (Å²) < 4.78 is 13.3. The summed E-state index contributed by atoms with van der Waals surface area (Å²) in [4.78, 5) is 0. The lowest BCUT2D eigenvalue weighted by Crippen LogP contribution is -2.49. The fourth-order valence-electron chi connectivity index (χ4n) is 4.70. The second-order valence-corrected chi connectivity index (χ2v) is 7.87. The van der Waals surface area contributed by atoms with Gasteiger partial charge in [-0.3, -0.25) is 0 Å². The normalized spacial score (nSPS) is 34.6. The van der Waals surface area contributed by atoms with E-state index in [4.69, 9.17) is 11.6 Å². The lowest BCUT2D eigenvalue weighted by Gasteiger charge is -2.43. The Hall–Kier alpha value is -0.600. The first-order valence-electron chi connectivity index (χ1n) is 7.50. The molecule has 1 nitrogen and oxygen atoms in total. The van der Waals surface area contributed by atoms with Gasteiger partial charge in [0.2, 0.25) is 0 Å². The van der Waals surface area contributed by atoms with Crippen LogP contribution in [0.4, 0.5) is 4.39 Å². The molecule has 3 atom stereocenters. The molecule has 3 heteroatoms. The Morgan fingerprint density at radius 1 is 1.35 bits per heavy atom. The molecule has 3 unspecified atom stereocenters. The molecule has 2 bridgehead atoms. The van der Waals surface area contributed by atoms with Crippen LogP contribution in [0.2, 0.25) is 5.02 Å². The second-order valence-electron chi connectivity index (χ2n) is 7.46. The maximum Gasteiger partial charge on any atom is 0.123 e. The summed E-state index contributed by atoms with van der Waals surface area (Å²) in [6.07, 6.45) is 3.96. The predicted molar refractivity (Wildman–Crippen MR) is 81.3 cm³/mol. The molecule has 2 aliphatic rings. The number of benzene rings is 1. The van der Waals surface area contributed by atoms with E-state index >= 15 is 0 Å². The molecular weight excluding hydrogens is 273 g/mol. The summed E-state index contributed by atoms with van der Waals surface area (Å²) in [5.41, 5.74) is 1.55. The van der Waals surface area contributed by atoms with Crippen LogP contribution >= 0.6 is 11.6 Å². The molecule has 0 heterocycles. The molecule has 3 rings (SSSR count). The van der Waals surface area contributed by atoms with Gasteiger partial charge in [-0.2, -0.15) is 0 Å². The van der Waals surface area contributed by atoms with E-state index in [0.29, 0.717) is 28.4 Å². The molecule has 1 aromatic carbocycles. The van der Waals surface area contributed by atoms with Crippen LogP contribution in [-0.4, -0.2) is 6.04 Å². The third-order valence-electron chi connectivity index (χ3n) is 5.77. The molecule has 0 spiro atoms. The number of hydrogen-bond donors (Lipinski definition) is 1. The topological polar surface area (TPSA) is 12.0 Å². The van der Waals surface area contributed by atoms with E-state index in [0.717, 1.165) is 11.5 Å². The van der Waals surface area contributed by atoms with Gasteiger partial charge < -0.3 is 5.32 Å². The van der Waals surface area contributed by atoms with Crippen molar-refractivity contribution < 1.29 is 4.39 Å². The van der Waals surface area contributed by atoms with Crippen LogP contribution < -0.4 is 5.32 Å². The Kier molecular flexibility index (Phi) is 3.38. The number of nitrogens with one attached hydrogen (secondary N) is 1. The quantitative estimate of drug-likeness (QED) is 0.846. The molecule has 0 aliphatic heterocycles. The van der Waals surface area contributed by atoms with Crippen LogP contribution in [0.5, 0.6) is 0 Å². The summed E-state index contributed by atoms with van der Waals surface area (Å²) in [5, 5.41) is 4.32. The Morgan fingerprint density at radius 2 is 2.10 bits per heavy atom. The minimum Gasteiger partial charge on any atom is -0.309 e. The Bertz CT molecular complexity index is 523. The van der Waals surface area contributed by atoms with Gasteiger partial charge in [0.05, 0.1) is 0 Å². The monoisotopic (exact) mass is 295 g/mol. The molecule has 2 aliphatic carbocycles. The lowest BCUT2D eigenvalue weighted by molar-refractivity contribution is 0.108. The standard InChI is InChI=1S/C17H23ClFN/c1-16(2)12-6-7-17(3,9-12)15(16)20-10-11-8-13(19)4-5-14(11)18/h4-5,8,12,15,20H,6-7,9-10H2,1-3H3. The molecule has 2 saturated carbocycles. The Labute approximate surface area is 125 Å². The SMILES string of the molecule is CC12CCC(C1)C(C)(C)C2NCc1cc(F)ccc1Cl. The molecular formula is C17H23ClFN. The van der Waals surface area contributed by atoms with Crippen molar-refractivity contribution in [2.45, 2.75) is 52.6 Å². The molecule has 2 fully saturated rings. The molecule has 20 heavy (non-hydrogen) atoms. The highest BCUT2D eigenvalue weighted by molar-refractivity contribution is 6.31. The summed E-state index contributed by atoms with van der Waals surface area (Å²) in [6, 6.07) is 5.07. The molecule has 0 aromatic heterocycles. The van der Waals surface area contributed by atoms with E-state index in [1.165, 1.54) is 31.4 Å². The van der Waals surface area contributed by atoms with Crippen LogP contribution in [0.25, 0.3) is 0 Å². The Balaban J connectivity index is 1.77. The van der Waals surface area contributed by atoms with E-state index in [9.17, 15) is 4.39 Å². The van der Waals surface area contributed by atoms with Crippen molar-refractivity contribution in [3.63, 3.8) is 0 Å². The predicted octanol–water partition coefficient (Wildman–Crippen LogP) is 4.78. The van der Waals surface area contributed by atoms with Gasteiger partial charge in [-0.25, -0.2) is 4.39 Å².